The van der Waals surface area contributed by atoms with E-state index in [4.69, 9.17) is 5.41 Å². The molecule has 0 heterocycles. The maximum Gasteiger partial charge on any atom is 1.00 e. The van der Waals surface area contributed by atoms with Crippen molar-refractivity contribution in [3.05, 3.63) is 5.41 Å². The first-order valence-corrected chi connectivity index (χ1v) is 3.17. The minimum absolute atomic E-state index is 0. The molecule has 0 aromatic heterocycles. The Labute approximate surface area is 75.6 Å². The Morgan fingerprint density at radius 2 is 1.73 bits per heavy atom. The summed E-state index contributed by atoms with van der Waals surface area (Å²) in [6.07, 6.45) is 0. The van der Waals surface area contributed by atoms with Crippen molar-refractivity contribution in [1.29, 1.82) is 0 Å². The standard InChI is InChI=1S/C2F3N2O2S.Ag/c3-2(4,5)10(8,9)7-1-6;/q-1;+1. The summed E-state index contributed by atoms with van der Waals surface area (Å²) in [6.45, 7) is 0. The Bertz CT molecular complexity index is 264. The van der Waals surface area contributed by atoms with Crippen LogP contribution in [0, 0.1) is 0 Å². The molecule has 9 heteroatoms. The van der Waals surface area contributed by atoms with Crippen molar-refractivity contribution in [2.75, 3.05) is 0 Å². The largest absolute Gasteiger partial charge is 1.00 e. The normalized spacial score (nSPS) is 11.2. The van der Waals surface area contributed by atoms with E-state index in [-0.39, 0.29) is 22.4 Å². The average molecular weight is 281 g/mol. The summed E-state index contributed by atoms with van der Waals surface area (Å²) in [5.41, 5.74) is -5.47. The third kappa shape index (κ3) is 3.68. The molecule has 0 spiro atoms. The van der Waals surface area contributed by atoms with Crippen LogP contribution in [0.25, 0.3) is 5.41 Å². The molecule has 11 heavy (non-hydrogen) atoms. The minimum Gasteiger partial charge on any atom is -0.422 e. The van der Waals surface area contributed by atoms with Gasteiger partial charge in [-0.05, 0) is 0 Å². The molecule has 0 aliphatic heterocycles. The zero-order valence-corrected chi connectivity index (χ0v) is 6.85. The third-order valence-corrected chi connectivity index (χ3v) is 1.36. The fraction of sp³-hybridized carbons (Fsp3) is 0.500. The van der Waals surface area contributed by atoms with Crippen molar-refractivity contribution in [1.82, 2.24) is 0 Å². The number of nitrogens with zero attached hydrogens (tertiary/aromatic N) is 2. The van der Waals surface area contributed by atoms with Gasteiger partial charge in [0.1, 0.15) is 0 Å². The Hall–Kier alpha value is -0.140. The maximum absolute atomic E-state index is 11.2. The molecular formula is C2AgF3N2O2S. The van der Waals surface area contributed by atoms with Gasteiger partial charge in [0.25, 0.3) is 10.0 Å². The van der Waals surface area contributed by atoms with Crippen molar-refractivity contribution in [3.8, 4) is 0 Å². The molecule has 0 atom stereocenters. The van der Waals surface area contributed by atoms with Crippen LogP contribution in [-0.4, -0.2) is 19.9 Å². The Morgan fingerprint density at radius 3 is 1.82 bits per heavy atom. The number of alkyl halides is 3. The van der Waals surface area contributed by atoms with E-state index in [1.807, 2.05) is 0 Å². The van der Waals surface area contributed by atoms with Crippen molar-refractivity contribution in [2.45, 2.75) is 5.51 Å². The maximum atomic E-state index is 11.2. The predicted molar refractivity (Wildman–Crippen MR) is 25.8 cm³/mol. The second-order valence-electron chi connectivity index (χ2n) is 1.11. The van der Waals surface area contributed by atoms with Crippen molar-refractivity contribution >= 4 is 16.0 Å². The van der Waals surface area contributed by atoms with Crippen LogP contribution in [-0.2, 0) is 32.4 Å². The zero-order valence-electron chi connectivity index (χ0n) is 4.55. The van der Waals surface area contributed by atoms with Gasteiger partial charge in [0.05, 0.1) is 0 Å². The fourth-order valence-electron chi connectivity index (χ4n) is 0.106. The van der Waals surface area contributed by atoms with Gasteiger partial charge in [0, 0.05) is 0 Å². The molecule has 0 saturated heterocycles. The Morgan fingerprint density at radius 1 is 1.36 bits per heavy atom. The van der Waals surface area contributed by atoms with E-state index in [1.165, 1.54) is 0 Å². The summed E-state index contributed by atoms with van der Waals surface area (Å²) in [4.78, 5) is 0. The quantitative estimate of drug-likeness (QED) is 0.521. The zero-order chi connectivity index (χ0) is 8.41. The van der Waals surface area contributed by atoms with Gasteiger partial charge in [0.2, 0.25) is 0 Å². The molecule has 0 rings (SSSR count). The topological polar surface area (TPSA) is 68.8 Å². The molecule has 0 saturated carbocycles. The number of rotatable bonds is 1. The van der Waals surface area contributed by atoms with Crippen LogP contribution in [0.2, 0.25) is 0 Å². The number of hydrogen-bond donors (Lipinski definition) is 0. The van der Waals surface area contributed by atoms with E-state index < -0.39 is 15.5 Å². The van der Waals surface area contributed by atoms with Crippen molar-refractivity contribution < 1.29 is 44.0 Å². The summed E-state index contributed by atoms with van der Waals surface area (Å²) in [5, 5.41) is 7.47. The van der Waals surface area contributed by atoms with Crippen LogP contribution in [0.5, 0.6) is 0 Å². The van der Waals surface area contributed by atoms with Gasteiger partial charge >= 0.3 is 27.9 Å². The van der Waals surface area contributed by atoms with Crippen LogP contribution in [0.4, 0.5) is 13.2 Å². The van der Waals surface area contributed by atoms with Crippen LogP contribution in [0.3, 0.4) is 0 Å². The van der Waals surface area contributed by atoms with Crippen molar-refractivity contribution in [3.63, 3.8) is 0 Å². The first kappa shape index (κ1) is 13.5. The summed E-state index contributed by atoms with van der Waals surface area (Å²) < 4.78 is 54.7. The monoisotopic (exact) mass is 280 g/mol. The number of hydrogen-bond acceptors (Lipinski definition) is 2. The summed E-state index contributed by atoms with van der Waals surface area (Å²) in [5.74, 6) is 0. The van der Waals surface area contributed by atoms with Crippen LogP contribution < -0.4 is 0 Å². The molecule has 0 fully saturated rings. The van der Waals surface area contributed by atoms with Crippen LogP contribution in [0.1, 0.15) is 0 Å². The van der Waals surface area contributed by atoms with Gasteiger partial charge in [0.15, 0.2) is 0 Å². The molecule has 0 bridgehead atoms. The van der Waals surface area contributed by atoms with Gasteiger partial charge in [-0.3, -0.25) is 0 Å². The van der Waals surface area contributed by atoms with Crippen molar-refractivity contribution in [2.24, 2.45) is 4.40 Å². The smallest absolute Gasteiger partial charge is 0.422 e. The summed E-state index contributed by atoms with van der Waals surface area (Å²) in [7, 11) is -5.58. The average Bonchev–Trinajstić information content (AvgIpc) is 1.61. The summed E-state index contributed by atoms with van der Waals surface area (Å²) in [6, 6.07) is 0.532. The first-order chi connectivity index (χ1) is 4.31. The Kier molecular flexibility index (Phi) is 4.93. The molecular weight excluding hydrogens is 281 g/mol. The van der Waals surface area contributed by atoms with Crippen LogP contribution in [0.15, 0.2) is 4.40 Å². The predicted octanol–water partition coefficient (Wildman–Crippen LogP) is 0.577. The third-order valence-electron chi connectivity index (χ3n) is 0.453. The van der Waals surface area contributed by atoms with Crippen LogP contribution >= 0.6 is 0 Å². The number of halogens is 3. The van der Waals surface area contributed by atoms with Gasteiger partial charge in [-0.2, -0.15) is 13.2 Å². The van der Waals surface area contributed by atoms with Gasteiger partial charge in [-0.15, -0.1) is 6.01 Å². The molecule has 68 valence electrons. The summed E-state index contributed by atoms with van der Waals surface area (Å²) >= 11 is 0. The first-order valence-electron chi connectivity index (χ1n) is 1.73. The Balaban J connectivity index is 0. The van der Waals surface area contributed by atoms with Gasteiger partial charge in [-0.25, -0.2) is 8.42 Å². The minimum atomic E-state index is -5.58. The second-order valence-corrected chi connectivity index (χ2v) is 2.71. The molecule has 0 aromatic rings. The molecule has 0 radical (unpaired) electrons. The molecule has 0 N–H and O–H groups in total. The molecule has 0 amide bonds. The van der Waals surface area contributed by atoms with Gasteiger partial charge in [-0.1, -0.05) is 0 Å². The van der Waals surface area contributed by atoms with Gasteiger partial charge < -0.3 is 9.81 Å². The van der Waals surface area contributed by atoms with E-state index in [0.29, 0.717) is 6.01 Å². The molecule has 0 aromatic carbocycles. The SMILES string of the molecule is [Ag+].[N-]=C=NS(=O)(=O)C(F)(F)F. The van der Waals surface area contributed by atoms with E-state index in [0.717, 1.165) is 0 Å². The fourth-order valence-corrected chi connectivity index (χ4v) is 0.317. The number of sulfonamides is 1. The molecule has 4 nitrogen and oxygen atoms in total. The van der Waals surface area contributed by atoms with E-state index in [2.05, 4.69) is 0 Å². The molecule has 0 aliphatic carbocycles. The van der Waals surface area contributed by atoms with E-state index >= 15 is 0 Å². The van der Waals surface area contributed by atoms with E-state index in [9.17, 15) is 21.6 Å². The second kappa shape index (κ2) is 4.03. The van der Waals surface area contributed by atoms with E-state index in [1.54, 1.807) is 4.40 Å². The molecule has 0 unspecified atom stereocenters. The molecule has 0 aliphatic rings.